The van der Waals surface area contributed by atoms with Crippen LogP contribution in [0, 0.1) is 10.1 Å². The Morgan fingerprint density at radius 1 is 1.30 bits per heavy atom. The van der Waals surface area contributed by atoms with Gasteiger partial charge in [0.05, 0.1) is 10.5 Å². The molecule has 20 heavy (non-hydrogen) atoms. The Hall–Kier alpha value is -1.66. The summed E-state index contributed by atoms with van der Waals surface area (Å²) in [5, 5.41) is 23.7. The highest BCUT2D eigenvalue weighted by atomic mass is 16.6. The topological polar surface area (TPSA) is 84.6 Å². The molecule has 1 aromatic rings. The molecule has 0 aliphatic rings. The minimum absolute atomic E-state index is 0.0476. The summed E-state index contributed by atoms with van der Waals surface area (Å²) in [7, 11) is 0. The van der Waals surface area contributed by atoms with Crippen LogP contribution in [0.5, 0.6) is 5.75 Å². The first-order chi connectivity index (χ1) is 9.50. The quantitative estimate of drug-likeness (QED) is 0.411. The van der Waals surface area contributed by atoms with Crippen LogP contribution in [0.4, 0.5) is 5.69 Å². The van der Waals surface area contributed by atoms with Gasteiger partial charge in [-0.05, 0) is 25.0 Å². The number of non-ortho nitro benzene ring substituents is 1. The van der Waals surface area contributed by atoms with E-state index in [1.807, 2.05) is 13.8 Å². The van der Waals surface area contributed by atoms with Crippen molar-refractivity contribution in [3.63, 3.8) is 0 Å². The summed E-state index contributed by atoms with van der Waals surface area (Å²) < 4.78 is 5.46. The first-order valence-electron chi connectivity index (χ1n) is 6.81. The summed E-state index contributed by atoms with van der Waals surface area (Å²) in [4.78, 5) is 10.1. The van der Waals surface area contributed by atoms with E-state index < -0.39 is 10.5 Å². The summed E-state index contributed by atoms with van der Waals surface area (Å²) in [6.07, 6.45) is 1.42. The number of aliphatic hydroxyl groups is 1. The molecule has 0 amide bonds. The summed E-state index contributed by atoms with van der Waals surface area (Å²) in [5.41, 5.74) is -0.612. The summed E-state index contributed by atoms with van der Waals surface area (Å²) >= 11 is 0. The fourth-order valence-electron chi connectivity index (χ4n) is 1.73. The third-order valence-electron chi connectivity index (χ3n) is 3.37. The van der Waals surface area contributed by atoms with Crippen LogP contribution in [0.3, 0.4) is 0 Å². The average molecular weight is 282 g/mol. The average Bonchev–Trinajstić information content (AvgIpc) is 2.47. The number of nitrogens with one attached hydrogen (secondary N) is 1. The van der Waals surface area contributed by atoms with Crippen molar-refractivity contribution in [3.8, 4) is 5.75 Å². The first-order valence-corrected chi connectivity index (χ1v) is 6.81. The molecular formula is C14H22N2O4. The second-order valence-electron chi connectivity index (χ2n) is 4.71. The van der Waals surface area contributed by atoms with Crippen LogP contribution < -0.4 is 10.1 Å². The molecule has 2 N–H and O–H groups in total. The first kappa shape index (κ1) is 16.4. The fraction of sp³-hybridized carbons (Fsp3) is 0.571. The van der Waals surface area contributed by atoms with Gasteiger partial charge in [0.15, 0.2) is 0 Å². The molecule has 1 rings (SSSR count). The van der Waals surface area contributed by atoms with Crippen molar-refractivity contribution in [2.75, 3.05) is 19.7 Å². The Bertz CT molecular complexity index is 416. The van der Waals surface area contributed by atoms with Crippen molar-refractivity contribution >= 4 is 5.69 Å². The van der Waals surface area contributed by atoms with E-state index in [4.69, 9.17) is 4.74 Å². The van der Waals surface area contributed by atoms with E-state index in [2.05, 4.69) is 5.32 Å². The molecule has 0 radical (unpaired) electrons. The van der Waals surface area contributed by atoms with E-state index in [9.17, 15) is 15.2 Å². The van der Waals surface area contributed by atoms with E-state index in [0.29, 0.717) is 38.3 Å². The van der Waals surface area contributed by atoms with E-state index in [1.165, 1.54) is 12.1 Å². The van der Waals surface area contributed by atoms with Gasteiger partial charge in [0.25, 0.3) is 5.69 Å². The number of benzene rings is 1. The Balaban J connectivity index is 2.26. The van der Waals surface area contributed by atoms with Gasteiger partial charge in [-0.1, -0.05) is 13.8 Å². The van der Waals surface area contributed by atoms with Gasteiger partial charge in [-0.2, -0.15) is 0 Å². The Morgan fingerprint density at radius 3 is 2.40 bits per heavy atom. The van der Waals surface area contributed by atoms with Crippen molar-refractivity contribution < 1.29 is 14.8 Å². The number of rotatable bonds is 9. The summed E-state index contributed by atoms with van der Waals surface area (Å²) in [6.45, 7) is 5.50. The number of hydrogen-bond acceptors (Lipinski definition) is 5. The second-order valence-corrected chi connectivity index (χ2v) is 4.71. The summed E-state index contributed by atoms with van der Waals surface area (Å²) in [5.74, 6) is 0.596. The number of nitro groups is 1. The molecule has 112 valence electrons. The number of ether oxygens (including phenoxy) is 1. The molecule has 0 unspecified atom stereocenters. The lowest BCUT2D eigenvalue weighted by molar-refractivity contribution is -0.384. The van der Waals surface area contributed by atoms with E-state index in [1.54, 1.807) is 12.1 Å². The van der Waals surface area contributed by atoms with Gasteiger partial charge in [0.2, 0.25) is 0 Å². The number of nitrogens with zero attached hydrogens (tertiary/aromatic N) is 1. The summed E-state index contributed by atoms with van der Waals surface area (Å²) in [6, 6.07) is 5.98. The zero-order valence-corrected chi connectivity index (χ0v) is 12.0. The van der Waals surface area contributed by atoms with Gasteiger partial charge in [0, 0.05) is 25.2 Å². The Labute approximate surface area is 118 Å². The molecule has 6 nitrogen and oxygen atoms in total. The molecule has 0 aliphatic heterocycles. The highest BCUT2D eigenvalue weighted by Crippen LogP contribution is 2.17. The molecule has 0 spiro atoms. The highest BCUT2D eigenvalue weighted by molar-refractivity contribution is 5.35. The van der Waals surface area contributed by atoms with Gasteiger partial charge < -0.3 is 15.2 Å². The monoisotopic (exact) mass is 282 g/mol. The maximum absolute atomic E-state index is 10.5. The lowest BCUT2D eigenvalue weighted by atomic mass is 9.98. The van der Waals surface area contributed by atoms with Crippen LogP contribution in [0.1, 0.15) is 26.7 Å². The van der Waals surface area contributed by atoms with Gasteiger partial charge in [-0.3, -0.25) is 10.1 Å². The molecule has 0 fully saturated rings. The van der Waals surface area contributed by atoms with Gasteiger partial charge in [-0.25, -0.2) is 0 Å². The van der Waals surface area contributed by atoms with Gasteiger partial charge in [0.1, 0.15) is 12.4 Å². The Morgan fingerprint density at radius 2 is 1.90 bits per heavy atom. The Kier molecular flexibility index (Phi) is 6.41. The molecular weight excluding hydrogens is 260 g/mol. The molecule has 1 aromatic carbocycles. The smallest absolute Gasteiger partial charge is 0.269 e. The van der Waals surface area contributed by atoms with Crippen LogP contribution in [0.2, 0.25) is 0 Å². The maximum Gasteiger partial charge on any atom is 0.269 e. The van der Waals surface area contributed by atoms with Crippen molar-refractivity contribution in [1.82, 2.24) is 5.32 Å². The zero-order valence-electron chi connectivity index (χ0n) is 12.0. The third-order valence-corrected chi connectivity index (χ3v) is 3.37. The molecule has 0 saturated heterocycles. The standard InChI is InChI=1S/C14H22N2O4/c1-3-14(17,4-2)11-15-9-10-20-13-7-5-12(6-8-13)16(18)19/h5-8,15,17H,3-4,9-11H2,1-2H3. The van der Waals surface area contributed by atoms with E-state index in [0.717, 1.165) is 0 Å². The minimum Gasteiger partial charge on any atom is -0.492 e. The van der Waals surface area contributed by atoms with Crippen molar-refractivity contribution in [2.45, 2.75) is 32.3 Å². The van der Waals surface area contributed by atoms with Crippen LogP contribution in [-0.2, 0) is 0 Å². The molecule has 0 aromatic heterocycles. The predicted molar refractivity (Wildman–Crippen MR) is 77.0 cm³/mol. The highest BCUT2D eigenvalue weighted by Gasteiger charge is 2.20. The van der Waals surface area contributed by atoms with E-state index >= 15 is 0 Å². The van der Waals surface area contributed by atoms with Crippen molar-refractivity contribution in [1.29, 1.82) is 0 Å². The largest absolute Gasteiger partial charge is 0.492 e. The fourth-order valence-corrected chi connectivity index (χ4v) is 1.73. The molecule has 0 saturated carbocycles. The normalized spacial score (nSPS) is 11.3. The molecule has 0 bridgehead atoms. The van der Waals surface area contributed by atoms with Gasteiger partial charge in [-0.15, -0.1) is 0 Å². The SMILES string of the molecule is CCC(O)(CC)CNCCOc1ccc([N+](=O)[O-])cc1. The second kappa shape index (κ2) is 7.81. The lowest BCUT2D eigenvalue weighted by Crippen LogP contribution is -2.40. The molecule has 0 heterocycles. The van der Waals surface area contributed by atoms with Gasteiger partial charge >= 0.3 is 0 Å². The minimum atomic E-state index is -0.659. The van der Waals surface area contributed by atoms with Crippen molar-refractivity contribution in [3.05, 3.63) is 34.4 Å². The van der Waals surface area contributed by atoms with Crippen molar-refractivity contribution in [2.24, 2.45) is 0 Å². The van der Waals surface area contributed by atoms with Crippen LogP contribution >= 0.6 is 0 Å². The lowest BCUT2D eigenvalue weighted by Gasteiger charge is -2.25. The van der Waals surface area contributed by atoms with Crippen LogP contribution in [0.15, 0.2) is 24.3 Å². The number of nitro benzene ring substituents is 1. The third kappa shape index (κ3) is 5.14. The molecule has 0 aliphatic carbocycles. The van der Waals surface area contributed by atoms with Crippen LogP contribution in [0.25, 0.3) is 0 Å². The molecule has 0 atom stereocenters. The molecule has 6 heteroatoms. The zero-order chi connectivity index (χ0) is 15.0. The number of hydrogen-bond donors (Lipinski definition) is 2. The van der Waals surface area contributed by atoms with E-state index in [-0.39, 0.29) is 5.69 Å². The predicted octanol–water partition coefficient (Wildman–Crippen LogP) is 2.11. The maximum atomic E-state index is 10.5. The van der Waals surface area contributed by atoms with Crippen LogP contribution in [-0.4, -0.2) is 35.3 Å².